The molecule has 1 saturated heterocycles. The Morgan fingerprint density at radius 3 is 2.50 bits per heavy atom. The third-order valence-electron chi connectivity index (χ3n) is 3.70. The molecule has 5 nitrogen and oxygen atoms in total. The van der Waals surface area contributed by atoms with Gasteiger partial charge in [-0.25, -0.2) is 4.98 Å². The van der Waals surface area contributed by atoms with Crippen LogP contribution in [0.2, 0.25) is 0 Å². The minimum absolute atomic E-state index is 0.0870. The molecule has 0 atom stereocenters. The number of hydrogen-bond donors (Lipinski definition) is 1. The summed E-state index contributed by atoms with van der Waals surface area (Å²) in [5, 5.41) is 3.13. The van der Waals surface area contributed by atoms with Gasteiger partial charge in [0.15, 0.2) is 0 Å². The smallest absolute Gasteiger partial charge is 0.255 e. The van der Waals surface area contributed by atoms with Crippen molar-refractivity contribution in [1.29, 1.82) is 0 Å². The fourth-order valence-electron chi connectivity index (χ4n) is 2.43. The average Bonchev–Trinajstić information content (AvgIpc) is 2.48. The van der Waals surface area contributed by atoms with Crippen molar-refractivity contribution < 1.29 is 4.79 Å². The predicted octanol–water partition coefficient (Wildman–Crippen LogP) is 1.68. The molecule has 0 aromatic carbocycles. The van der Waals surface area contributed by atoms with E-state index in [2.05, 4.69) is 29.0 Å². The number of nitrogens with one attached hydrogen (secondary N) is 1. The zero-order valence-corrected chi connectivity index (χ0v) is 12.6. The predicted molar refractivity (Wildman–Crippen MR) is 81.0 cm³/mol. The number of carbonyl (C=O) groups excluding carboxylic acids is 1. The van der Waals surface area contributed by atoms with Gasteiger partial charge in [0.2, 0.25) is 0 Å². The molecular weight excluding hydrogens is 252 g/mol. The highest BCUT2D eigenvalue weighted by atomic mass is 16.2. The van der Waals surface area contributed by atoms with E-state index in [0.717, 1.165) is 38.5 Å². The fraction of sp³-hybridized carbons (Fsp3) is 0.600. The summed E-state index contributed by atoms with van der Waals surface area (Å²) in [4.78, 5) is 21.0. The van der Waals surface area contributed by atoms with E-state index in [1.54, 1.807) is 6.20 Å². The van der Waals surface area contributed by atoms with Crippen molar-refractivity contribution in [3.8, 4) is 0 Å². The van der Waals surface area contributed by atoms with Crippen LogP contribution in [0.4, 0.5) is 5.82 Å². The molecule has 1 aliphatic heterocycles. The molecule has 5 heteroatoms. The van der Waals surface area contributed by atoms with E-state index in [4.69, 9.17) is 0 Å². The highest BCUT2D eigenvalue weighted by Gasteiger charge is 2.23. The van der Waals surface area contributed by atoms with Gasteiger partial charge in [0.05, 0.1) is 5.56 Å². The number of hydrogen-bond acceptors (Lipinski definition) is 4. The van der Waals surface area contributed by atoms with Gasteiger partial charge in [-0.05, 0) is 32.9 Å². The van der Waals surface area contributed by atoms with E-state index in [1.165, 1.54) is 0 Å². The number of piperazine rings is 1. The number of anilines is 1. The molecule has 0 bridgehead atoms. The molecule has 0 radical (unpaired) electrons. The highest BCUT2D eigenvalue weighted by Crippen LogP contribution is 2.11. The Kier molecular flexibility index (Phi) is 4.95. The van der Waals surface area contributed by atoms with Crippen LogP contribution in [0.15, 0.2) is 18.3 Å². The quantitative estimate of drug-likeness (QED) is 0.909. The number of amides is 1. The van der Waals surface area contributed by atoms with Crippen LogP contribution in [0.1, 0.15) is 31.1 Å². The van der Waals surface area contributed by atoms with Gasteiger partial charge in [0.25, 0.3) is 5.91 Å². The number of aromatic nitrogens is 1. The Hall–Kier alpha value is -1.62. The lowest BCUT2D eigenvalue weighted by molar-refractivity contribution is 0.0595. The highest BCUT2D eigenvalue weighted by molar-refractivity contribution is 5.94. The summed E-state index contributed by atoms with van der Waals surface area (Å²) >= 11 is 0. The maximum atomic E-state index is 12.4. The molecule has 0 spiro atoms. The summed E-state index contributed by atoms with van der Waals surface area (Å²) < 4.78 is 0. The first-order chi connectivity index (χ1) is 9.61. The molecule has 2 heterocycles. The van der Waals surface area contributed by atoms with Crippen LogP contribution in [0.25, 0.3) is 0 Å². The Labute approximate surface area is 121 Å². The third-order valence-corrected chi connectivity index (χ3v) is 3.70. The van der Waals surface area contributed by atoms with Crippen molar-refractivity contribution in [2.45, 2.75) is 26.8 Å². The molecule has 20 heavy (non-hydrogen) atoms. The van der Waals surface area contributed by atoms with Gasteiger partial charge in [-0.2, -0.15) is 0 Å². The van der Waals surface area contributed by atoms with E-state index in [0.29, 0.717) is 11.6 Å². The van der Waals surface area contributed by atoms with E-state index in [-0.39, 0.29) is 5.91 Å². The van der Waals surface area contributed by atoms with Crippen molar-refractivity contribution in [2.75, 3.05) is 38.0 Å². The maximum Gasteiger partial charge on any atom is 0.255 e. The lowest BCUT2D eigenvalue weighted by Crippen LogP contribution is -2.50. The van der Waals surface area contributed by atoms with Gasteiger partial charge in [-0.15, -0.1) is 0 Å². The monoisotopic (exact) mass is 276 g/mol. The second kappa shape index (κ2) is 6.70. The summed E-state index contributed by atoms with van der Waals surface area (Å²) in [6, 6.07) is 4.26. The van der Waals surface area contributed by atoms with Gasteiger partial charge >= 0.3 is 0 Å². The largest absolute Gasteiger partial charge is 0.370 e. The second-order valence-electron chi connectivity index (χ2n) is 5.38. The standard InChI is InChI=1S/C15H24N4O/c1-4-16-14-6-5-13(11-17-14)15(20)19-9-7-18(8-10-19)12(2)3/h5-6,11-12H,4,7-10H2,1-3H3,(H,16,17). The van der Waals surface area contributed by atoms with Crippen LogP contribution in [0, 0.1) is 0 Å². The van der Waals surface area contributed by atoms with Crippen LogP contribution in [0.5, 0.6) is 0 Å². The van der Waals surface area contributed by atoms with E-state index < -0.39 is 0 Å². The van der Waals surface area contributed by atoms with E-state index in [1.807, 2.05) is 24.0 Å². The lowest BCUT2D eigenvalue weighted by atomic mass is 10.2. The molecule has 2 rings (SSSR count). The van der Waals surface area contributed by atoms with Crippen molar-refractivity contribution in [2.24, 2.45) is 0 Å². The number of rotatable bonds is 4. The van der Waals surface area contributed by atoms with Crippen molar-refractivity contribution in [3.63, 3.8) is 0 Å². The Bertz CT molecular complexity index is 436. The van der Waals surface area contributed by atoms with E-state index in [9.17, 15) is 4.79 Å². The van der Waals surface area contributed by atoms with E-state index >= 15 is 0 Å². The minimum atomic E-state index is 0.0870. The van der Waals surface area contributed by atoms with Crippen LogP contribution in [-0.2, 0) is 0 Å². The fourth-order valence-corrected chi connectivity index (χ4v) is 2.43. The first kappa shape index (κ1) is 14.8. The minimum Gasteiger partial charge on any atom is -0.370 e. The summed E-state index contributed by atoms with van der Waals surface area (Å²) in [6.45, 7) is 10.7. The number of carbonyl (C=O) groups is 1. The maximum absolute atomic E-state index is 12.4. The SMILES string of the molecule is CCNc1ccc(C(=O)N2CCN(C(C)C)CC2)cn1. The summed E-state index contributed by atoms with van der Waals surface area (Å²) in [6.07, 6.45) is 1.66. The molecule has 0 unspecified atom stereocenters. The summed E-state index contributed by atoms with van der Waals surface area (Å²) in [7, 11) is 0. The Morgan fingerprint density at radius 1 is 1.30 bits per heavy atom. The van der Waals surface area contributed by atoms with Crippen LogP contribution < -0.4 is 5.32 Å². The molecular formula is C15H24N4O. The zero-order valence-electron chi connectivity index (χ0n) is 12.6. The lowest BCUT2D eigenvalue weighted by Gasteiger charge is -2.36. The molecule has 1 amide bonds. The Balaban J connectivity index is 1.94. The molecule has 0 aliphatic carbocycles. The van der Waals surface area contributed by atoms with Gasteiger partial charge in [0.1, 0.15) is 5.82 Å². The normalized spacial score (nSPS) is 16.5. The van der Waals surface area contributed by atoms with Crippen LogP contribution in [0.3, 0.4) is 0 Å². The second-order valence-corrected chi connectivity index (χ2v) is 5.38. The molecule has 110 valence electrons. The third kappa shape index (κ3) is 3.48. The first-order valence-corrected chi connectivity index (χ1v) is 7.35. The molecule has 1 aromatic rings. The first-order valence-electron chi connectivity index (χ1n) is 7.35. The topological polar surface area (TPSA) is 48.5 Å². The molecule has 0 saturated carbocycles. The summed E-state index contributed by atoms with van der Waals surface area (Å²) in [5.41, 5.74) is 0.671. The summed E-state index contributed by atoms with van der Waals surface area (Å²) in [5.74, 6) is 0.901. The molecule has 1 aromatic heterocycles. The molecule has 1 N–H and O–H groups in total. The van der Waals surface area contributed by atoms with Crippen molar-refractivity contribution in [1.82, 2.24) is 14.8 Å². The van der Waals surface area contributed by atoms with Gasteiger partial charge in [0, 0.05) is 45.0 Å². The van der Waals surface area contributed by atoms with Gasteiger partial charge < -0.3 is 10.2 Å². The number of nitrogens with zero attached hydrogens (tertiary/aromatic N) is 3. The van der Waals surface area contributed by atoms with Crippen LogP contribution >= 0.6 is 0 Å². The molecule has 1 aliphatic rings. The van der Waals surface area contributed by atoms with Crippen molar-refractivity contribution >= 4 is 11.7 Å². The van der Waals surface area contributed by atoms with Crippen molar-refractivity contribution in [3.05, 3.63) is 23.9 Å². The van der Waals surface area contributed by atoms with Gasteiger partial charge in [-0.1, -0.05) is 0 Å². The zero-order chi connectivity index (χ0) is 14.5. The average molecular weight is 276 g/mol. The molecule has 1 fully saturated rings. The van der Waals surface area contributed by atoms with Gasteiger partial charge in [-0.3, -0.25) is 9.69 Å². The number of pyridine rings is 1. The van der Waals surface area contributed by atoms with Crippen LogP contribution in [-0.4, -0.2) is 59.5 Å². The Morgan fingerprint density at radius 2 is 2.00 bits per heavy atom.